The highest BCUT2D eigenvalue weighted by molar-refractivity contribution is 5.84. The molecule has 0 aromatic heterocycles. The molecule has 0 radical (unpaired) electrons. The summed E-state index contributed by atoms with van der Waals surface area (Å²) in [6.07, 6.45) is 2.66. The summed E-state index contributed by atoms with van der Waals surface area (Å²) in [5.74, 6) is 1.19. The molecule has 6 nitrogen and oxygen atoms in total. The van der Waals surface area contributed by atoms with E-state index in [1.807, 2.05) is 11.8 Å². The number of hydrogen-bond donors (Lipinski definition) is 4. The van der Waals surface area contributed by atoms with Crippen molar-refractivity contribution in [2.45, 2.75) is 77.5 Å². The Hall–Kier alpha value is -3.15. The van der Waals surface area contributed by atoms with E-state index in [0.29, 0.717) is 18.1 Å². The highest BCUT2D eigenvalue weighted by Crippen LogP contribution is 2.33. The molecule has 4 atom stereocenters. The molecule has 5 N–H and O–H groups in total. The third kappa shape index (κ3) is 6.34. The zero-order chi connectivity index (χ0) is 26.8. The Morgan fingerprint density at radius 3 is 2.19 bits per heavy atom. The highest BCUT2D eigenvalue weighted by atomic mass is 16.2. The molecular weight excluding hydrogens is 446 g/mol. The first-order chi connectivity index (χ1) is 16.8. The van der Waals surface area contributed by atoms with Crippen LogP contribution < -0.4 is 21.7 Å². The molecule has 0 bridgehead atoms. The van der Waals surface area contributed by atoms with E-state index in [4.69, 9.17) is 5.73 Å². The zero-order valence-corrected chi connectivity index (χ0v) is 22.8. The Labute approximate surface area is 217 Å². The molecule has 3 rings (SSSR count). The van der Waals surface area contributed by atoms with Gasteiger partial charge in [-0.3, -0.25) is 4.79 Å². The number of nitrogens with two attached hydrogens (primary N) is 1. The van der Waals surface area contributed by atoms with Crippen LogP contribution >= 0.6 is 0 Å². The molecule has 1 aliphatic carbocycles. The first-order valence-electron chi connectivity index (χ1n) is 13.0. The number of fused-ring (bicyclic) bond motifs is 1. The number of rotatable bonds is 10. The fourth-order valence-corrected chi connectivity index (χ4v) is 5.52. The van der Waals surface area contributed by atoms with Crippen LogP contribution in [0, 0.1) is 11.8 Å². The van der Waals surface area contributed by atoms with Gasteiger partial charge in [-0.15, -0.1) is 0 Å². The van der Waals surface area contributed by atoms with Crippen LogP contribution in [0.1, 0.15) is 52.2 Å². The largest absolute Gasteiger partial charge is 0.399 e. The lowest BCUT2D eigenvalue weighted by atomic mass is 9.93. The van der Waals surface area contributed by atoms with Gasteiger partial charge in [0.2, 0.25) is 5.91 Å². The van der Waals surface area contributed by atoms with Crippen molar-refractivity contribution in [1.82, 2.24) is 20.9 Å². The van der Waals surface area contributed by atoms with Crippen molar-refractivity contribution in [3.63, 3.8) is 0 Å². The number of likely N-dealkylation sites (tertiary alicyclic amines) is 1. The third-order valence-corrected chi connectivity index (χ3v) is 7.35. The van der Waals surface area contributed by atoms with Crippen molar-refractivity contribution in [1.29, 1.82) is 0 Å². The van der Waals surface area contributed by atoms with Crippen LogP contribution in [0.2, 0.25) is 0 Å². The molecule has 3 unspecified atom stereocenters. The Morgan fingerprint density at radius 2 is 1.67 bits per heavy atom. The predicted molar refractivity (Wildman–Crippen MR) is 150 cm³/mol. The fraction of sp³-hybridized carbons (Fsp3) is 0.500. The number of hydrogen-bond acceptors (Lipinski definition) is 5. The lowest BCUT2D eigenvalue weighted by Gasteiger charge is -2.36. The molecule has 1 aromatic carbocycles. The van der Waals surface area contributed by atoms with Gasteiger partial charge >= 0.3 is 0 Å². The molecule has 1 aromatic rings. The molecule has 0 spiro atoms. The van der Waals surface area contributed by atoms with E-state index in [1.54, 1.807) is 0 Å². The van der Waals surface area contributed by atoms with E-state index in [0.717, 1.165) is 30.5 Å². The van der Waals surface area contributed by atoms with E-state index in [1.165, 1.54) is 11.1 Å². The summed E-state index contributed by atoms with van der Waals surface area (Å²) in [5, 5.41) is 10.3. The molecular formula is C30H45N5O. The van der Waals surface area contributed by atoms with Crippen LogP contribution in [-0.4, -0.2) is 41.0 Å². The van der Waals surface area contributed by atoms with E-state index < -0.39 is 6.04 Å². The molecule has 1 amide bonds. The molecule has 2 aliphatic rings. The second-order valence-corrected chi connectivity index (χ2v) is 11.6. The maximum absolute atomic E-state index is 14.2. The monoisotopic (exact) mass is 491 g/mol. The average Bonchev–Trinajstić information content (AvgIpc) is 3.38. The summed E-state index contributed by atoms with van der Waals surface area (Å²) < 4.78 is 0. The van der Waals surface area contributed by atoms with E-state index in [9.17, 15) is 4.79 Å². The van der Waals surface area contributed by atoms with Crippen molar-refractivity contribution in [3.05, 3.63) is 84.5 Å². The van der Waals surface area contributed by atoms with E-state index in [-0.39, 0.29) is 35.4 Å². The molecule has 1 aliphatic heterocycles. The van der Waals surface area contributed by atoms with Crippen molar-refractivity contribution in [2.75, 3.05) is 6.54 Å². The van der Waals surface area contributed by atoms with Gasteiger partial charge in [-0.2, -0.15) is 0 Å². The van der Waals surface area contributed by atoms with Crippen LogP contribution in [0.15, 0.2) is 73.4 Å². The van der Waals surface area contributed by atoms with Crippen molar-refractivity contribution < 1.29 is 4.79 Å². The van der Waals surface area contributed by atoms with Gasteiger partial charge in [-0.05, 0) is 75.5 Å². The summed E-state index contributed by atoms with van der Waals surface area (Å²) in [5.41, 5.74) is 10.3. The average molecular weight is 492 g/mol. The van der Waals surface area contributed by atoms with Gasteiger partial charge in [-0.1, -0.05) is 57.5 Å². The summed E-state index contributed by atoms with van der Waals surface area (Å²) >= 11 is 0. The predicted octanol–water partition coefficient (Wildman–Crippen LogP) is 3.98. The topological polar surface area (TPSA) is 82.4 Å². The number of benzene rings is 1. The molecule has 0 saturated carbocycles. The van der Waals surface area contributed by atoms with Gasteiger partial charge in [-0.25, -0.2) is 0 Å². The van der Waals surface area contributed by atoms with Crippen molar-refractivity contribution >= 4 is 5.91 Å². The second-order valence-electron chi connectivity index (χ2n) is 11.6. The number of nitrogens with zero attached hydrogens (tertiary/aromatic N) is 1. The first kappa shape index (κ1) is 27.4. The maximum Gasteiger partial charge on any atom is 0.245 e. The Bertz CT molecular complexity index is 1010. The van der Waals surface area contributed by atoms with Gasteiger partial charge < -0.3 is 26.6 Å². The number of carbonyl (C=O) groups excluding carboxylic acids is 1. The van der Waals surface area contributed by atoms with Crippen LogP contribution in [-0.2, 0) is 17.6 Å². The van der Waals surface area contributed by atoms with Gasteiger partial charge in [0.1, 0.15) is 6.04 Å². The second kappa shape index (κ2) is 10.9. The molecule has 1 saturated heterocycles. The minimum absolute atomic E-state index is 0.0941. The van der Waals surface area contributed by atoms with Gasteiger partial charge in [0.15, 0.2) is 0 Å². The van der Waals surface area contributed by atoms with Gasteiger partial charge in [0.05, 0.1) is 11.9 Å². The normalized spacial score (nSPS) is 21.3. The first-order valence-corrected chi connectivity index (χ1v) is 13.0. The molecule has 6 heteroatoms. The van der Waals surface area contributed by atoms with Crippen LogP contribution in [0.4, 0.5) is 0 Å². The highest BCUT2D eigenvalue weighted by Gasteiger charge is 2.42. The van der Waals surface area contributed by atoms with Gasteiger partial charge in [0, 0.05) is 29.5 Å². The SMILES string of the molecule is C=C(NC(C(=O)N1CC[C@H](C)C1C(=C)NC(C)C(=C)C(=C)N)C1Cc2ccccc2C1)NC(C)(C)C. The summed E-state index contributed by atoms with van der Waals surface area (Å²) in [6.45, 7) is 27.5. The maximum atomic E-state index is 14.2. The lowest BCUT2D eigenvalue weighted by Crippen LogP contribution is -2.55. The van der Waals surface area contributed by atoms with Crippen molar-refractivity contribution in [3.8, 4) is 0 Å². The zero-order valence-electron chi connectivity index (χ0n) is 22.8. The standard InChI is InChI=1S/C30H45N5O/c1-18-14-15-35(28(18)22(5)32-21(4)19(2)20(3)31)29(36)27(33-23(6)34-30(7,8)9)26-16-24-12-10-11-13-25(24)17-26/h10-13,18,21,26-28,32-34H,2-3,5-6,14-17,31H2,1,4,7-9H3/t18-,21?,27?,28?/m0/s1. The quantitative estimate of drug-likeness (QED) is 0.372. The Morgan fingerprint density at radius 1 is 1.08 bits per heavy atom. The minimum atomic E-state index is -0.392. The summed E-state index contributed by atoms with van der Waals surface area (Å²) in [6, 6.07) is 7.87. The van der Waals surface area contributed by atoms with E-state index in [2.05, 4.69) is 94.2 Å². The molecule has 1 fully saturated rings. The Kier molecular flexibility index (Phi) is 8.27. The molecule has 196 valence electrons. The third-order valence-electron chi connectivity index (χ3n) is 7.35. The van der Waals surface area contributed by atoms with Crippen LogP contribution in [0.3, 0.4) is 0 Å². The van der Waals surface area contributed by atoms with Crippen molar-refractivity contribution in [2.24, 2.45) is 17.6 Å². The number of nitrogens with one attached hydrogen (secondary N) is 3. The minimum Gasteiger partial charge on any atom is -0.399 e. The van der Waals surface area contributed by atoms with E-state index >= 15 is 0 Å². The molecule has 36 heavy (non-hydrogen) atoms. The smallest absolute Gasteiger partial charge is 0.245 e. The summed E-state index contributed by atoms with van der Waals surface area (Å²) in [4.78, 5) is 16.2. The number of amides is 1. The van der Waals surface area contributed by atoms with Crippen LogP contribution in [0.5, 0.6) is 0 Å². The summed E-state index contributed by atoms with van der Waals surface area (Å²) in [7, 11) is 0. The Balaban J connectivity index is 1.83. The number of carbonyl (C=O) groups is 1. The van der Waals surface area contributed by atoms with Crippen LogP contribution in [0.25, 0.3) is 0 Å². The lowest BCUT2D eigenvalue weighted by molar-refractivity contribution is -0.135. The fourth-order valence-electron chi connectivity index (χ4n) is 5.52. The molecule has 1 heterocycles. The van der Waals surface area contributed by atoms with Gasteiger partial charge in [0.25, 0.3) is 0 Å².